The number of benzene rings is 2. The first-order valence-corrected chi connectivity index (χ1v) is 9.58. The fourth-order valence-corrected chi connectivity index (χ4v) is 4.23. The van der Waals surface area contributed by atoms with Gasteiger partial charge in [0.15, 0.2) is 0 Å². The van der Waals surface area contributed by atoms with Gasteiger partial charge in [-0.1, -0.05) is 58.2 Å². The van der Waals surface area contributed by atoms with Crippen LogP contribution in [0, 0.1) is 13.8 Å². The third-order valence-electron chi connectivity index (χ3n) is 5.05. The molecule has 4 heteroatoms. The highest BCUT2D eigenvalue weighted by Crippen LogP contribution is 2.36. The molecule has 2 aromatic rings. The SMILES string of the molecule is Cc1ccc(C)c(C(c2cccc(Br)c2)N2CCCCC2C(=O)O)c1. The summed E-state index contributed by atoms with van der Waals surface area (Å²) in [5.41, 5.74) is 4.73. The van der Waals surface area contributed by atoms with E-state index in [1.54, 1.807) is 0 Å². The second-order valence-electron chi connectivity index (χ2n) is 6.91. The molecule has 1 fully saturated rings. The molecule has 1 N–H and O–H groups in total. The van der Waals surface area contributed by atoms with Gasteiger partial charge in [0.25, 0.3) is 0 Å². The highest BCUT2D eigenvalue weighted by atomic mass is 79.9. The number of rotatable bonds is 4. The van der Waals surface area contributed by atoms with Gasteiger partial charge in [0.05, 0.1) is 6.04 Å². The summed E-state index contributed by atoms with van der Waals surface area (Å²) >= 11 is 3.57. The highest BCUT2D eigenvalue weighted by Gasteiger charge is 2.35. The molecule has 0 amide bonds. The lowest BCUT2D eigenvalue weighted by Crippen LogP contribution is -2.47. The molecule has 2 unspecified atom stereocenters. The fourth-order valence-electron chi connectivity index (χ4n) is 3.81. The van der Waals surface area contributed by atoms with Crippen LogP contribution in [0.2, 0.25) is 0 Å². The van der Waals surface area contributed by atoms with E-state index in [4.69, 9.17) is 0 Å². The Balaban J connectivity index is 2.14. The first kappa shape index (κ1) is 18.2. The van der Waals surface area contributed by atoms with Crippen molar-refractivity contribution in [3.8, 4) is 0 Å². The van der Waals surface area contributed by atoms with Crippen LogP contribution in [-0.4, -0.2) is 28.6 Å². The maximum atomic E-state index is 11.9. The molecule has 1 saturated heterocycles. The molecule has 0 spiro atoms. The van der Waals surface area contributed by atoms with E-state index in [1.165, 1.54) is 16.7 Å². The topological polar surface area (TPSA) is 40.5 Å². The molecule has 3 nitrogen and oxygen atoms in total. The summed E-state index contributed by atoms with van der Waals surface area (Å²) in [7, 11) is 0. The molecule has 0 saturated carbocycles. The lowest BCUT2D eigenvalue weighted by Gasteiger charge is -2.40. The van der Waals surface area contributed by atoms with E-state index in [2.05, 4.69) is 65.0 Å². The Morgan fingerprint density at radius 2 is 2.00 bits per heavy atom. The van der Waals surface area contributed by atoms with Gasteiger partial charge in [-0.05, 0) is 62.1 Å². The molecule has 0 radical (unpaired) electrons. The quantitative estimate of drug-likeness (QED) is 0.774. The Hall–Kier alpha value is -1.65. The van der Waals surface area contributed by atoms with Crippen molar-refractivity contribution in [1.29, 1.82) is 0 Å². The number of piperidine rings is 1. The van der Waals surface area contributed by atoms with Gasteiger partial charge in [0.2, 0.25) is 0 Å². The summed E-state index contributed by atoms with van der Waals surface area (Å²) in [5.74, 6) is -0.718. The van der Waals surface area contributed by atoms with Gasteiger partial charge in [0.1, 0.15) is 6.04 Å². The first-order valence-electron chi connectivity index (χ1n) is 8.78. The van der Waals surface area contributed by atoms with Crippen LogP contribution in [0.5, 0.6) is 0 Å². The van der Waals surface area contributed by atoms with Crippen LogP contribution in [0.3, 0.4) is 0 Å². The molecule has 2 aromatic carbocycles. The summed E-state index contributed by atoms with van der Waals surface area (Å²) < 4.78 is 1.02. The monoisotopic (exact) mass is 401 g/mol. The minimum Gasteiger partial charge on any atom is -0.480 e. The zero-order valence-electron chi connectivity index (χ0n) is 14.7. The van der Waals surface area contributed by atoms with Gasteiger partial charge in [0, 0.05) is 4.47 Å². The molecule has 3 rings (SSSR count). The number of carboxylic acid groups (broad SMARTS) is 1. The first-order chi connectivity index (χ1) is 12.0. The summed E-state index contributed by atoms with van der Waals surface area (Å²) in [4.78, 5) is 14.1. The predicted octanol–water partition coefficient (Wildman–Crippen LogP) is 5.09. The smallest absolute Gasteiger partial charge is 0.320 e. The summed E-state index contributed by atoms with van der Waals surface area (Å²) in [6, 6.07) is 14.2. The average Bonchev–Trinajstić information content (AvgIpc) is 2.59. The number of nitrogens with zero attached hydrogens (tertiary/aromatic N) is 1. The maximum Gasteiger partial charge on any atom is 0.320 e. The molecule has 25 heavy (non-hydrogen) atoms. The second kappa shape index (κ2) is 7.71. The van der Waals surface area contributed by atoms with Crippen LogP contribution in [-0.2, 0) is 4.79 Å². The van der Waals surface area contributed by atoms with E-state index in [1.807, 2.05) is 12.1 Å². The normalized spacial score (nSPS) is 19.6. The standard InChI is InChI=1S/C21H24BrNO2/c1-14-9-10-15(2)18(12-14)20(16-6-5-7-17(22)13-16)23-11-4-3-8-19(23)21(24)25/h5-7,9-10,12-13,19-20H,3-4,8,11H2,1-2H3,(H,24,25). The van der Waals surface area contributed by atoms with Crippen LogP contribution in [0.4, 0.5) is 0 Å². The molecule has 0 aliphatic carbocycles. The van der Waals surface area contributed by atoms with Crippen molar-refractivity contribution in [3.05, 3.63) is 69.2 Å². The molecule has 0 bridgehead atoms. The van der Waals surface area contributed by atoms with Gasteiger partial charge in [-0.25, -0.2) is 0 Å². The van der Waals surface area contributed by atoms with E-state index in [-0.39, 0.29) is 6.04 Å². The summed E-state index contributed by atoms with van der Waals surface area (Å²) in [6.45, 7) is 5.01. The maximum absolute atomic E-state index is 11.9. The number of aryl methyl sites for hydroxylation is 2. The van der Waals surface area contributed by atoms with E-state index >= 15 is 0 Å². The van der Waals surface area contributed by atoms with Gasteiger partial charge < -0.3 is 5.11 Å². The van der Waals surface area contributed by atoms with Crippen LogP contribution in [0.1, 0.15) is 47.6 Å². The van der Waals surface area contributed by atoms with Crippen molar-refractivity contribution in [2.45, 2.75) is 45.2 Å². The number of carbonyl (C=O) groups is 1. The van der Waals surface area contributed by atoms with Gasteiger partial charge in [-0.15, -0.1) is 0 Å². The largest absolute Gasteiger partial charge is 0.480 e. The lowest BCUT2D eigenvalue weighted by molar-refractivity contribution is -0.145. The Bertz CT molecular complexity index is 774. The Kier molecular flexibility index (Phi) is 5.60. The zero-order valence-corrected chi connectivity index (χ0v) is 16.3. The van der Waals surface area contributed by atoms with Crippen molar-refractivity contribution in [1.82, 2.24) is 4.90 Å². The zero-order chi connectivity index (χ0) is 18.0. The third kappa shape index (κ3) is 3.96. The Morgan fingerprint density at radius 3 is 2.72 bits per heavy atom. The van der Waals surface area contributed by atoms with E-state index in [0.29, 0.717) is 6.42 Å². The van der Waals surface area contributed by atoms with Gasteiger partial charge >= 0.3 is 5.97 Å². The molecule has 1 heterocycles. The molecule has 1 aliphatic heterocycles. The second-order valence-corrected chi connectivity index (χ2v) is 7.82. The fraction of sp³-hybridized carbons (Fsp3) is 0.381. The van der Waals surface area contributed by atoms with Gasteiger partial charge in [-0.3, -0.25) is 9.69 Å². The number of hydrogen-bond donors (Lipinski definition) is 1. The van der Waals surface area contributed by atoms with Crippen molar-refractivity contribution in [2.75, 3.05) is 6.54 Å². The minimum atomic E-state index is -0.718. The molecular weight excluding hydrogens is 378 g/mol. The number of hydrogen-bond acceptors (Lipinski definition) is 2. The Labute approximate surface area is 157 Å². The highest BCUT2D eigenvalue weighted by molar-refractivity contribution is 9.10. The number of halogens is 1. The number of likely N-dealkylation sites (tertiary alicyclic amines) is 1. The summed E-state index contributed by atoms with van der Waals surface area (Å²) in [5, 5.41) is 9.78. The third-order valence-corrected chi connectivity index (χ3v) is 5.55. The number of carboxylic acids is 1. The van der Waals surface area contributed by atoms with E-state index in [9.17, 15) is 9.90 Å². The number of aliphatic carboxylic acids is 1. The van der Waals surface area contributed by atoms with E-state index in [0.717, 1.165) is 29.4 Å². The average molecular weight is 402 g/mol. The van der Waals surface area contributed by atoms with Crippen LogP contribution < -0.4 is 0 Å². The summed E-state index contributed by atoms with van der Waals surface area (Å²) in [6.07, 6.45) is 2.73. The predicted molar refractivity (Wildman–Crippen MR) is 104 cm³/mol. The molecule has 1 aliphatic rings. The van der Waals surface area contributed by atoms with Crippen LogP contribution >= 0.6 is 15.9 Å². The van der Waals surface area contributed by atoms with Crippen molar-refractivity contribution >= 4 is 21.9 Å². The molecule has 2 atom stereocenters. The molecule has 0 aromatic heterocycles. The van der Waals surface area contributed by atoms with Crippen molar-refractivity contribution in [3.63, 3.8) is 0 Å². The van der Waals surface area contributed by atoms with Crippen LogP contribution in [0.15, 0.2) is 46.9 Å². The van der Waals surface area contributed by atoms with Gasteiger partial charge in [-0.2, -0.15) is 0 Å². The molecular formula is C21H24BrNO2. The minimum absolute atomic E-state index is 0.0428. The van der Waals surface area contributed by atoms with Crippen molar-refractivity contribution < 1.29 is 9.90 Å². The molecule has 132 valence electrons. The Morgan fingerprint density at radius 1 is 1.20 bits per heavy atom. The van der Waals surface area contributed by atoms with Crippen molar-refractivity contribution in [2.24, 2.45) is 0 Å². The lowest BCUT2D eigenvalue weighted by atomic mass is 9.89. The van der Waals surface area contributed by atoms with Crippen LogP contribution in [0.25, 0.3) is 0 Å². The van der Waals surface area contributed by atoms with E-state index < -0.39 is 12.0 Å².